The first-order chi connectivity index (χ1) is 18.4. The molecule has 38 heavy (non-hydrogen) atoms. The Bertz CT molecular complexity index is 1560. The highest BCUT2D eigenvalue weighted by Gasteiger charge is 2.48. The Morgan fingerprint density at radius 3 is 2.47 bits per heavy atom. The molecule has 192 valence electrons. The second kappa shape index (κ2) is 10.5. The topological polar surface area (TPSA) is 89.0 Å². The lowest BCUT2D eigenvalue weighted by Gasteiger charge is -2.23. The Morgan fingerprint density at radius 2 is 1.79 bits per heavy atom. The predicted molar refractivity (Wildman–Crippen MR) is 144 cm³/mol. The van der Waals surface area contributed by atoms with Crippen LogP contribution in [0.5, 0.6) is 11.5 Å². The van der Waals surface area contributed by atoms with E-state index in [2.05, 4.69) is 11.6 Å². The number of hydrogen-bond donors (Lipinski definition) is 1. The lowest BCUT2D eigenvalue weighted by molar-refractivity contribution is -0.132. The van der Waals surface area contributed by atoms with Crippen molar-refractivity contribution in [1.82, 2.24) is 4.98 Å². The molecule has 0 saturated carbocycles. The highest BCUT2D eigenvalue weighted by atomic mass is 32.1. The molecule has 1 fully saturated rings. The van der Waals surface area contributed by atoms with Gasteiger partial charge in [-0.15, -0.1) is 0 Å². The van der Waals surface area contributed by atoms with E-state index in [0.717, 1.165) is 4.70 Å². The number of halogens is 1. The number of carbonyl (C=O) groups excluding carboxylic acids is 2. The number of benzene rings is 3. The van der Waals surface area contributed by atoms with E-state index in [1.54, 1.807) is 42.5 Å². The number of amides is 1. The number of hydrogen-bond acceptors (Lipinski definition) is 7. The lowest BCUT2D eigenvalue weighted by Crippen LogP contribution is -2.29. The Morgan fingerprint density at radius 1 is 1.08 bits per heavy atom. The molecule has 1 saturated heterocycles. The van der Waals surface area contributed by atoms with Crippen LogP contribution in [-0.2, 0) is 9.59 Å². The third-order valence-electron chi connectivity index (χ3n) is 5.99. The molecule has 1 N–H and O–H groups in total. The van der Waals surface area contributed by atoms with Gasteiger partial charge in [0.1, 0.15) is 29.7 Å². The molecule has 1 aliphatic heterocycles. The summed E-state index contributed by atoms with van der Waals surface area (Å²) in [6, 6.07) is 16.4. The van der Waals surface area contributed by atoms with E-state index in [1.165, 1.54) is 40.5 Å². The number of thiazole rings is 1. The molecule has 1 unspecified atom stereocenters. The maximum absolute atomic E-state index is 13.5. The molecule has 4 aromatic rings. The van der Waals surface area contributed by atoms with Gasteiger partial charge in [0, 0.05) is 5.56 Å². The molecule has 9 heteroatoms. The van der Waals surface area contributed by atoms with Crippen molar-refractivity contribution in [2.75, 3.05) is 18.1 Å². The maximum Gasteiger partial charge on any atom is 0.301 e. The number of aromatic nitrogens is 1. The quantitative estimate of drug-likeness (QED) is 0.130. The first-order valence-electron chi connectivity index (χ1n) is 11.8. The van der Waals surface area contributed by atoms with Crippen LogP contribution in [0.1, 0.15) is 24.1 Å². The summed E-state index contributed by atoms with van der Waals surface area (Å²) in [5, 5.41) is 11.5. The largest absolute Gasteiger partial charge is 0.507 e. The zero-order chi connectivity index (χ0) is 26.8. The van der Waals surface area contributed by atoms with Crippen LogP contribution in [0.3, 0.4) is 0 Å². The van der Waals surface area contributed by atoms with Crippen molar-refractivity contribution in [3.63, 3.8) is 0 Å². The normalized spacial score (nSPS) is 16.7. The molecule has 1 amide bonds. The fourth-order valence-electron chi connectivity index (χ4n) is 4.26. The molecule has 1 aliphatic rings. The SMILES string of the molecule is C=CCOc1ccc(C2/C(=C(\O)c3ccc(F)cc3)C(=O)C(=O)N2c2nc3ccc(OCC)cc3s2)cc1. The van der Waals surface area contributed by atoms with Crippen LogP contribution in [0.25, 0.3) is 16.0 Å². The van der Waals surface area contributed by atoms with E-state index in [4.69, 9.17) is 9.47 Å². The van der Waals surface area contributed by atoms with Crippen LogP contribution in [0.4, 0.5) is 9.52 Å². The van der Waals surface area contributed by atoms with Gasteiger partial charge < -0.3 is 14.6 Å². The number of carbonyl (C=O) groups is 2. The predicted octanol–water partition coefficient (Wildman–Crippen LogP) is 6.03. The molecular weight excluding hydrogens is 507 g/mol. The average Bonchev–Trinajstić information content (AvgIpc) is 3.45. The van der Waals surface area contributed by atoms with Gasteiger partial charge in [0.25, 0.3) is 5.78 Å². The van der Waals surface area contributed by atoms with Crippen molar-refractivity contribution in [2.24, 2.45) is 0 Å². The average molecular weight is 531 g/mol. The molecule has 0 spiro atoms. The number of fused-ring (bicyclic) bond motifs is 1. The van der Waals surface area contributed by atoms with E-state index in [-0.39, 0.29) is 11.1 Å². The van der Waals surface area contributed by atoms with Gasteiger partial charge in [0.15, 0.2) is 5.13 Å². The molecule has 0 bridgehead atoms. The van der Waals surface area contributed by atoms with Crippen LogP contribution in [0, 0.1) is 5.82 Å². The van der Waals surface area contributed by atoms with E-state index in [9.17, 15) is 19.1 Å². The summed E-state index contributed by atoms with van der Waals surface area (Å²) in [5.74, 6) is -1.34. The van der Waals surface area contributed by atoms with Crippen molar-refractivity contribution >= 4 is 44.1 Å². The van der Waals surface area contributed by atoms with E-state index in [1.807, 2.05) is 13.0 Å². The Kier molecular flexibility index (Phi) is 6.93. The van der Waals surface area contributed by atoms with Crippen molar-refractivity contribution < 1.29 is 28.6 Å². The third-order valence-corrected chi connectivity index (χ3v) is 7.01. The summed E-state index contributed by atoms with van der Waals surface area (Å²) in [6.45, 7) is 6.34. The molecule has 7 nitrogen and oxygen atoms in total. The number of Topliss-reactive ketones (excluding diaryl/α,β-unsaturated/α-hetero) is 1. The van der Waals surface area contributed by atoms with Gasteiger partial charge in [-0.1, -0.05) is 36.1 Å². The summed E-state index contributed by atoms with van der Waals surface area (Å²) in [7, 11) is 0. The number of aliphatic hydroxyl groups excluding tert-OH is 1. The molecule has 0 radical (unpaired) electrons. The number of nitrogens with zero attached hydrogens (tertiary/aromatic N) is 2. The molecule has 1 atom stereocenters. The fourth-order valence-corrected chi connectivity index (χ4v) is 5.28. The lowest BCUT2D eigenvalue weighted by atomic mass is 9.95. The highest BCUT2D eigenvalue weighted by molar-refractivity contribution is 7.22. The minimum Gasteiger partial charge on any atom is -0.507 e. The van der Waals surface area contributed by atoms with Gasteiger partial charge in [-0.3, -0.25) is 14.5 Å². The number of ketones is 1. The molecular formula is C29H23FN2O5S. The minimum atomic E-state index is -0.972. The summed E-state index contributed by atoms with van der Waals surface area (Å²) < 4.78 is 25.5. The number of anilines is 1. The van der Waals surface area contributed by atoms with Crippen molar-refractivity contribution in [1.29, 1.82) is 0 Å². The number of aliphatic hydroxyl groups is 1. The molecule has 3 aromatic carbocycles. The second-order valence-corrected chi connectivity index (χ2v) is 9.41. The highest BCUT2D eigenvalue weighted by Crippen LogP contribution is 2.44. The zero-order valence-electron chi connectivity index (χ0n) is 20.4. The zero-order valence-corrected chi connectivity index (χ0v) is 21.2. The molecule has 1 aromatic heterocycles. The summed E-state index contributed by atoms with van der Waals surface area (Å²) in [6.07, 6.45) is 1.62. The van der Waals surface area contributed by atoms with Crippen LogP contribution in [-0.4, -0.2) is 35.0 Å². The van der Waals surface area contributed by atoms with Crippen molar-refractivity contribution in [3.05, 3.63) is 102 Å². The van der Waals surface area contributed by atoms with Crippen molar-refractivity contribution in [2.45, 2.75) is 13.0 Å². The number of ether oxygens (including phenoxy) is 2. The van der Waals surface area contributed by atoms with Crippen LogP contribution in [0.2, 0.25) is 0 Å². The summed E-state index contributed by atoms with van der Waals surface area (Å²) >= 11 is 1.24. The second-order valence-electron chi connectivity index (χ2n) is 8.40. The van der Waals surface area contributed by atoms with E-state index in [0.29, 0.717) is 40.9 Å². The van der Waals surface area contributed by atoms with Gasteiger partial charge in [0.05, 0.1) is 28.4 Å². The first kappa shape index (κ1) is 25.2. The van der Waals surface area contributed by atoms with E-state index >= 15 is 0 Å². The standard InChI is InChI=1S/C29H23FN2O5S/c1-3-15-37-20-11-7-17(8-12-20)25-24(26(33)18-5-9-19(30)10-6-18)27(34)28(35)32(25)29-31-22-14-13-21(36-4-2)16-23(22)38-29/h3,5-14,16,25,33H,1,4,15H2,2H3/b26-24+. The van der Waals surface area contributed by atoms with E-state index < -0.39 is 29.3 Å². The smallest absolute Gasteiger partial charge is 0.301 e. The summed E-state index contributed by atoms with van der Waals surface area (Å²) in [4.78, 5) is 32.7. The van der Waals surface area contributed by atoms with Gasteiger partial charge in [0.2, 0.25) is 0 Å². The Hall–Kier alpha value is -4.50. The molecule has 5 rings (SSSR count). The monoisotopic (exact) mass is 530 g/mol. The van der Waals surface area contributed by atoms with Gasteiger partial charge in [-0.25, -0.2) is 9.37 Å². The van der Waals surface area contributed by atoms with Crippen molar-refractivity contribution in [3.8, 4) is 11.5 Å². The van der Waals surface area contributed by atoms with Gasteiger partial charge in [-0.05, 0) is 67.1 Å². The van der Waals surface area contributed by atoms with Gasteiger partial charge >= 0.3 is 5.91 Å². The Labute approximate surface area is 222 Å². The van der Waals surface area contributed by atoms with Crippen LogP contribution >= 0.6 is 11.3 Å². The van der Waals surface area contributed by atoms with Gasteiger partial charge in [-0.2, -0.15) is 0 Å². The van der Waals surface area contributed by atoms with Crippen LogP contribution in [0.15, 0.2) is 85.0 Å². The number of rotatable bonds is 8. The van der Waals surface area contributed by atoms with Crippen LogP contribution < -0.4 is 14.4 Å². The minimum absolute atomic E-state index is 0.115. The maximum atomic E-state index is 13.5. The molecule has 0 aliphatic carbocycles. The molecule has 2 heterocycles. The Balaban J connectivity index is 1.65. The third kappa shape index (κ3) is 4.64. The summed E-state index contributed by atoms with van der Waals surface area (Å²) in [5.41, 5.74) is 1.30. The fraction of sp³-hybridized carbons (Fsp3) is 0.138. The first-order valence-corrected chi connectivity index (χ1v) is 12.7.